The van der Waals surface area contributed by atoms with Crippen LogP contribution in [0.2, 0.25) is 0 Å². The van der Waals surface area contributed by atoms with Gasteiger partial charge in [-0.3, -0.25) is 19.4 Å². The molecule has 3 rings (SSSR count). The lowest BCUT2D eigenvalue weighted by Crippen LogP contribution is -2.57. The van der Waals surface area contributed by atoms with E-state index in [4.69, 9.17) is 4.74 Å². The number of ether oxygens (including phenoxy) is 1. The normalized spacial score (nSPS) is 29.6. The summed E-state index contributed by atoms with van der Waals surface area (Å²) in [5, 5.41) is 0. The van der Waals surface area contributed by atoms with Crippen molar-refractivity contribution in [3.63, 3.8) is 0 Å². The number of amides is 2. The molecule has 3 fully saturated rings. The van der Waals surface area contributed by atoms with Crippen LogP contribution in [0.4, 0.5) is 0 Å². The smallest absolute Gasteiger partial charge is 0.239 e. The second-order valence-electron chi connectivity index (χ2n) is 8.67. The molecule has 3 aliphatic heterocycles. The fourth-order valence-electron chi connectivity index (χ4n) is 4.67. The van der Waals surface area contributed by atoms with Crippen LogP contribution in [0.5, 0.6) is 0 Å². The number of carbonyl (C=O) groups excluding carboxylic acids is 2. The molecule has 3 unspecified atom stereocenters. The number of hydrogen-bond acceptors (Lipinski definition) is 5. The van der Waals surface area contributed by atoms with Crippen LogP contribution >= 0.6 is 0 Å². The first kappa shape index (κ1) is 20.6. The maximum Gasteiger partial charge on any atom is 0.239 e. The molecule has 154 valence electrons. The first-order valence-corrected chi connectivity index (χ1v) is 10.5. The highest BCUT2D eigenvalue weighted by Crippen LogP contribution is 2.22. The van der Waals surface area contributed by atoms with Crippen molar-refractivity contribution in [2.24, 2.45) is 11.8 Å². The number of likely N-dealkylation sites (tertiary alicyclic amines) is 1. The number of nitrogens with zero attached hydrogens (tertiary/aromatic N) is 4. The first-order valence-electron chi connectivity index (χ1n) is 10.5. The second-order valence-corrected chi connectivity index (χ2v) is 8.67. The van der Waals surface area contributed by atoms with Crippen molar-refractivity contribution in [1.82, 2.24) is 19.6 Å². The van der Waals surface area contributed by atoms with Crippen LogP contribution in [0.1, 0.15) is 27.2 Å². The zero-order valence-electron chi connectivity index (χ0n) is 17.2. The average molecular weight is 381 g/mol. The molecule has 0 aromatic rings. The Morgan fingerprint density at radius 2 is 1.52 bits per heavy atom. The molecule has 0 N–H and O–H groups in total. The van der Waals surface area contributed by atoms with E-state index < -0.39 is 0 Å². The standard InChI is InChI=1S/C20H36N4O3/c1-16-12-17(2)14-24(13-16)20(26)18(3)22-4-6-23(7-5-22)19(25)15-21-8-10-27-11-9-21/h16-18H,4-15H2,1-3H3. The van der Waals surface area contributed by atoms with Crippen LogP contribution < -0.4 is 0 Å². The first-order chi connectivity index (χ1) is 12.9. The van der Waals surface area contributed by atoms with Crippen LogP contribution in [0.15, 0.2) is 0 Å². The summed E-state index contributed by atoms with van der Waals surface area (Å²) in [4.78, 5) is 33.9. The average Bonchev–Trinajstić information content (AvgIpc) is 2.67. The summed E-state index contributed by atoms with van der Waals surface area (Å²) < 4.78 is 5.34. The summed E-state index contributed by atoms with van der Waals surface area (Å²) in [6.45, 7) is 14.8. The molecule has 0 bridgehead atoms. The predicted octanol–water partition coefficient (Wildman–Crippen LogP) is 0.356. The van der Waals surface area contributed by atoms with Gasteiger partial charge in [-0.05, 0) is 25.2 Å². The zero-order valence-corrected chi connectivity index (χ0v) is 17.2. The Kier molecular flexibility index (Phi) is 7.11. The van der Waals surface area contributed by atoms with Crippen molar-refractivity contribution in [3.05, 3.63) is 0 Å². The second kappa shape index (κ2) is 9.34. The molecule has 0 aromatic carbocycles. The maximum atomic E-state index is 13.0. The predicted molar refractivity (Wildman–Crippen MR) is 104 cm³/mol. The monoisotopic (exact) mass is 380 g/mol. The van der Waals surface area contributed by atoms with Gasteiger partial charge in [0, 0.05) is 52.4 Å². The molecule has 3 heterocycles. The van der Waals surface area contributed by atoms with E-state index in [1.165, 1.54) is 6.42 Å². The molecule has 0 aromatic heterocycles. The van der Waals surface area contributed by atoms with Gasteiger partial charge in [0.1, 0.15) is 0 Å². The van der Waals surface area contributed by atoms with Crippen LogP contribution in [-0.4, -0.2) is 110 Å². The van der Waals surface area contributed by atoms with Crippen LogP contribution in [0.3, 0.4) is 0 Å². The third-order valence-corrected chi connectivity index (χ3v) is 6.22. The van der Waals surface area contributed by atoms with Gasteiger partial charge in [-0.1, -0.05) is 13.8 Å². The molecular formula is C20H36N4O3. The number of piperazine rings is 1. The van der Waals surface area contributed by atoms with Crippen LogP contribution in [0.25, 0.3) is 0 Å². The molecule has 0 aliphatic carbocycles. The summed E-state index contributed by atoms with van der Waals surface area (Å²) in [6.07, 6.45) is 1.21. The molecule has 7 nitrogen and oxygen atoms in total. The summed E-state index contributed by atoms with van der Waals surface area (Å²) in [5.41, 5.74) is 0. The molecule has 0 saturated carbocycles. The fourth-order valence-corrected chi connectivity index (χ4v) is 4.67. The van der Waals surface area contributed by atoms with E-state index in [0.29, 0.717) is 44.7 Å². The highest BCUT2D eigenvalue weighted by molar-refractivity contribution is 5.82. The number of piperidine rings is 1. The summed E-state index contributed by atoms with van der Waals surface area (Å²) >= 11 is 0. The van der Waals surface area contributed by atoms with Crippen molar-refractivity contribution in [1.29, 1.82) is 0 Å². The Morgan fingerprint density at radius 3 is 2.11 bits per heavy atom. The van der Waals surface area contributed by atoms with Gasteiger partial charge in [-0.25, -0.2) is 0 Å². The summed E-state index contributed by atoms with van der Waals surface area (Å²) in [7, 11) is 0. The van der Waals surface area contributed by atoms with E-state index in [-0.39, 0.29) is 17.9 Å². The van der Waals surface area contributed by atoms with E-state index in [1.807, 2.05) is 11.8 Å². The van der Waals surface area contributed by atoms with Gasteiger partial charge in [-0.2, -0.15) is 0 Å². The van der Waals surface area contributed by atoms with Crippen molar-refractivity contribution < 1.29 is 14.3 Å². The molecule has 3 aliphatic rings. The minimum absolute atomic E-state index is 0.0982. The topological polar surface area (TPSA) is 56.3 Å². The molecule has 3 saturated heterocycles. The summed E-state index contributed by atoms with van der Waals surface area (Å²) in [5.74, 6) is 1.62. The highest BCUT2D eigenvalue weighted by atomic mass is 16.5. The molecule has 3 atom stereocenters. The molecule has 7 heteroatoms. The molecule has 0 radical (unpaired) electrons. The lowest BCUT2D eigenvalue weighted by Gasteiger charge is -2.41. The van der Waals surface area contributed by atoms with E-state index in [1.54, 1.807) is 0 Å². The lowest BCUT2D eigenvalue weighted by atomic mass is 9.91. The Hall–Kier alpha value is -1.18. The SMILES string of the molecule is CC1CC(C)CN(C(=O)C(C)N2CCN(C(=O)CN3CCOCC3)CC2)C1. The molecule has 0 spiro atoms. The summed E-state index contributed by atoms with van der Waals surface area (Å²) in [6, 6.07) is -0.0982. The highest BCUT2D eigenvalue weighted by Gasteiger charge is 2.33. The number of morpholine rings is 1. The van der Waals surface area contributed by atoms with Gasteiger partial charge in [0.15, 0.2) is 0 Å². The minimum Gasteiger partial charge on any atom is -0.379 e. The van der Waals surface area contributed by atoms with Crippen molar-refractivity contribution in [2.75, 3.05) is 72.1 Å². The molecule has 27 heavy (non-hydrogen) atoms. The van der Waals surface area contributed by atoms with E-state index >= 15 is 0 Å². The van der Waals surface area contributed by atoms with E-state index in [9.17, 15) is 9.59 Å². The zero-order chi connectivity index (χ0) is 19.4. The number of rotatable bonds is 4. The number of carbonyl (C=O) groups is 2. The fraction of sp³-hybridized carbons (Fsp3) is 0.900. The van der Waals surface area contributed by atoms with Crippen molar-refractivity contribution in [3.8, 4) is 0 Å². The molecule has 2 amide bonds. The van der Waals surface area contributed by atoms with Gasteiger partial charge in [0.2, 0.25) is 11.8 Å². The van der Waals surface area contributed by atoms with Gasteiger partial charge in [0.05, 0.1) is 25.8 Å². The van der Waals surface area contributed by atoms with Gasteiger partial charge in [0.25, 0.3) is 0 Å². The molecular weight excluding hydrogens is 344 g/mol. The third-order valence-electron chi connectivity index (χ3n) is 6.22. The quantitative estimate of drug-likeness (QED) is 0.705. The Bertz CT molecular complexity index is 505. The largest absolute Gasteiger partial charge is 0.379 e. The maximum absolute atomic E-state index is 13.0. The van der Waals surface area contributed by atoms with Crippen LogP contribution in [-0.2, 0) is 14.3 Å². The lowest BCUT2D eigenvalue weighted by molar-refractivity contribution is -0.141. The minimum atomic E-state index is -0.0982. The van der Waals surface area contributed by atoms with Gasteiger partial charge < -0.3 is 14.5 Å². The Morgan fingerprint density at radius 1 is 0.926 bits per heavy atom. The van der Waals surface area contributed by atoms with Crippen molar-refractivity contribution in [2.45, 2.75) is 33.2 Å². The Balaban J connectivity index is 1.45. The van der Waals surface area contributed by atoms with Gasteiger partial charge in [-0.15, -0.1) is 0 Å². The van der Waals surface area contributed by atoms with E-state index in [0.717, 1.165) is 39.3 Å². The number of hydrogen-bond donors (Lipinski definition) is 0. The van der Waals surface area contributed by atoms with Gasteiger partial charge >= 0.3 is 0 Å². The van der Waals surface area contributed by atoms with Crippen LogP contribution in [0, 0.1) is 11.8 Å². The van der Waals surface area contributed by atoms with E-state index in [2.05, 4.69) is 28.5 Å². The Labute approximate surface area is 163 Å². The van der Waals surface area contributed by atoms with Crippen molar-refractivity contribution >= 4 is 11.8 Å². The third kappa shape index (κ3) is 5.42.